The Kier molecular flexibility index (Phi) is 3.82. The zero-order valence-electron chi connectivity index (χ0n) is 13.5. The van der Waals surface area contributed by atoms with Crippen LogP contribution in [0.25, 0.3) is 16.8 Å². The largest absolute Gasteiger partial charge is 0.497 e. The summed E-state index contributed by atoms with van der Waals surface area (Å²) in [7, 11) is 1.63. The summed E-state index contributed by atoms with van der Waals surface area (Å²) in [4.78, 5) is 12.7. The first kappa shape index (κ1) is 15.0. The Morgan fingerprint density at radius 2 is 2.25 bits per heavy atom. The van der Waals surface area contributed by atoms with Gasteiger partial charge in [0.25, 0.3) is 5.56 Å². The summed E-state index contributed by atoms with van der Waals surface area (Å²) in [6.45, 7) is 2.20. The third-order valence-corrected chi connectivity index (χ3v) is 4.45. The van der Waals surface area contributed by atoms with E-state index in [2.05, 4.69) is 5.10 Å². The van der Waals surface area contributed by atoms with Crippen LogP contribution in [0, 0.1) is 5.92 Å². The molecule has 1 aliphatic rings. The molecule has 4 rings (SSSR count). The molecule has 1 fully saturated rings. The number of hydrogen-bond donors (Lipinski definition) is 0. The molecule has 124 valence electrons. The van der Waals surface area contributed by atoms with E-state index in [0.717, 1.165) is 36.6 Å². The van der Waals surface area contributed by atoms with Crippen molar-refractivity contribution in [2.45, 2.75) is 13.0 Å². The fourth-order valence-electron chi connectivity index (χ4n) is 3.10. The molecule has 3 aromatic rings. The van der Waals surface area contributed by atoms with Gasteiger partial charge in [-0.3, -0.25) is 4.79 Å². The third-order valence-electron chi connectivity index (χ3n) is 4.45. The molecule has 0 aliphatic carbocycles. The molecular formula is C18H19N3O3. The Balaban J connectivity index is 1.72. The number of nitrogens with zero attached hydrogens (tertiary/aromatic N) is 3. The molecule has 1 saturated heterocycles. The number of aromatic nitrogens is 3. The minimum Gasteiger partial charge on any atom is -0.497 e. The van der Waals surface area contributed by atoms with Crippen molar-refractivity contribution in [2.75, 3.05) is 20.3 Å². The van der Waals surface area contributed by atoms with Gasteiger partial charge in [-0.05, 0) is 24.6 Å². The van der Waals surface area contributed by atoms with Crippen molar-refractivity contribution < 1.29 is 9.47 Å². The maximum absolute atomic E-state index is 12.7. The lowest BCUT2D eigenvalue weighted by molar-refractivity contribution is 0.182. The quantitative estimate of drug-likeness (QED) is 0.738. The summed E-state index contributed by atoms with van der Waals surface area (Å²) in [6.07, 6.45) is 4.64. The van der Waals surface area contributed by atoms with E-state index in [0.29, 0.717) is 18.0 Å². The van der Waals surface area contributed by atoms with Crippen molar-refractivity contribution in [2.24, 2.45) is 5.92 Å². The minimum atomic E-state index is -0.0222. The third kappa shape index (κ3) is 2.69. The molecule has 0 spiro atoms. The first-order valence-corrected chi connectivity index (χ1v) is 8.05. The summed E-state index contributed by atoms with van der Waals surface area (Å²) < 4.78 is 14.0. The Labute approximate surface area is 139 Å². The van der Waals surface area contributed by atoms with Crippen molar-refractivity contribution in [1.82, 2.24) is 14.2 Å². The molecule has 1 aliphatic heterocycles. The number of methoxy groups -OCH3 is 1. The van der Waals surface area contributed by atoms with Crippen LogP contribution < -0.4 is 10.3 Å². The lowest BCUT2D eigenvalue weighted by Crippen LogP contribution is -2.25. The summed E-state index contributed by atoms with van der Waals surface area (Å²) in [5.74, 6) is 1.18. The standard InChI is InChI=1S/C18H19N3O3/c1-23-15-4-2-3-14(9-15)16-10-17-18(22)20(6-7-21(17)19-16)11-13-5-8-24-12-13/h2-4,6-7,9-10,13H,5,8,11-12H2,1H3. The van der Waals surface area contributed by atoms with E-state index >= 15 is 0 Å². The van der Waals surface area contributed by atoms with Gasteiger partial charge in [0.15, 0.2) is 0 Å². The molecule has 0 radical (unpaired) electrons. The molecule has 0 N–H and O–H groups in total. The lowest BCUT2D eigenvalue weighted by atomic mass is 10.1. The Bertz CT molecular complexity index is 923. The van der Waals surface area contributed by atoms with E-state index in [1.165, 1.54) is 0 Å². The van der Waals surface area contributed by atoms with Crippen molar-refractivity contribution in [3.63, 3.8) is 0 Å². The second kappa shape index (κ2) is 6.13. The van der Waals surface area contributed by atoms with Crippen LogP contribution in [0.4, 0.5) is 0 Å². The molecule has 0 bridgehead atoms. The smallest absolute Gasteiger partial charge is 0.276 e. The maximum atomic E-state index is 12.7. The molecule has 0 saturated carbocycles. The fraction of sp³-hybridized carbons (Fsp3) is 0.333. The van der Waals surface area contributed by atoms with Gasteiger partial charge in [0.05, 0.1) is 19.4 Å². The van der Waals surface area contributed by atoms with Crippen LogP contribution >= 0.6 is 0 Å². The first-order valence-electron chi connectivity index (χ1n) is 8.05. The molecule has 6 heteroatoms. The molecule has 1 aromatic carbocycles. The average molecular weight is 325 g/mol. The molecule has 6 nitrogen and oxygen atoms in total. The Hall–Kier alpha value is -2.60. The highest BCUT2D eigenvalue weighted by molar-refractivity contribution is 5.66. The maximum Gasteiger partial charge on any atom is 0.276 e. The van der Waals surface area contributed by atoms with Crippen LogP contribution in [0.3, 0.4) is 0 Å². The molecule has 24 heavy (non-hydrogen) atoms. The van der Waals surface area contributed by atoms with E-state index in [-0.39, 0.29) is 5.56 Å². The van der Waals surface area contributed by atoms with Crippen LogP contribution in [0.1, 0.15) is 6.42 Å². The molecule has 2 aromatic heterocycles. The van der Waals surface area contributed by atoms with Crippen LogP contribution in [-0.2, 0) is 11.3 Å². The summed E-state index contributed by atoms with van der Waals surface area (Å²) in [5.41, 5.74) is 2.24. The van der Waals surface area contributed by atoms with Gasteiger partial charge >= 0.3 is 0 Å². The number of ether oxygens (including phenoxy) is 2. The average Bonchev–Trinajstić information content (AvgIpc) is 3.27. The molecule has 3 heterocycles. The lowest BCUT2D eigenvalue weighted by Gasteiger charge is -2.10. The number of rotatable bonds is 4. The van der Waals surface area contributed by atoms with Gasteiger partial charge in [0.2, 0.25) is 0 Å². The number of fused-ring (bicyclic) bond motifs is 1. The normalized spacial score (nSPS) is 17.5. The summed E-state index contributed by atoms with van der Waals surface area (Å²) in [5, 5.41) is 4.52. The molecule has 0 amide bonds. The van der Waals surface area contributed by atoms with Crippen molar-refractivity contribution >= 4 is 5.52 Å². The van der Waals surface area contributed by atoms with E-state index < -0.39 is 0 Å². The van der Waals surface area contributed by atoms with Crippen molar-refractivity contribution in [1.29, 1.82) is 0 Å². The zero-order chi connectivity index (χ0) is 16.5. The summed E-state index contributed by atoms with van der Waals surface area (Å²) >= 11 is 0. The van der Waals surface area contributed by atoms with Gasteiger partial charge in [-0.15, -0.1) is 0 Å². The molecular weight excluding hydrogens is 306 g/mol. The highest BCUT2D eigenvalue weighted by atomic mass is 16.5. The summed E-state index contributed by atoms with van der Waals surface area (Å²) in [6, 6.07) is 9.50. The van der Waals surface area contributed by atoms with E-state index in [4.69, 9.17) is 9.47 Å². The van der Waals surface area contributed by atoms with Crippen LogP contribution in [0.15, 0.2) is 47.5 Å². The Morgan fingerprint density at radius 1 is 1.33 bits per heavy atom. The minimum absolute atomic E-state index is 0.0222. The Morgan fingerprint density at radius 3 is 3.04 bits per heavy atom. The van der Waals surface area contributed by atoms with Crippen LogP contribution in [0.2, 0.25) is 0 Å². The predicted octanol–water partition coefficient (Wildman–Crippen LogP) is 2.21. The van der Waals surface area contributed by atoms with Gasteiger partial charge in [-0.25, -0.2) is 4.52 Å². The second-order valence-electron chi connectivity index (χ2n) is 6.08. The second-order valence-corrected chi connectivity index (χ2v) is 6.08. The number of hydrogen-bond acceptors (Lipinski definition) is 4. The van der Waals surface area contributed by atoms with Crippen LogP contribution in [-0.4, -0.2) is 34.5 Å². The molecule has 1 unspecified atom stereocenters. The predicted molar refractivity (Wildman–Crippen MR) is 90.4 cm³/mol. The van der Waals surface area contributed by atoms with Gasteiger partial charge in [0.1, 0.15) is 11.3 Å². The van der Waals surface area contributed by atoms with Crippen molar-refractivity contribution in [3.8, 4) is 17.0 Å². The molecule has 1 atom stereocenters. The number of benzene rings is 1. The highest BCUT2D eigenvalue weighted by Gasteiger charge is 2.17. The topological polar surface area (TPSA) is 57.8 Å². The van der Waals surface area contributed by atoms with Gasteiger partial charge < -0.3 is 14.0 Å². The van der Waals surface area contributed by atoms with Gasteiger partial charge in [0, 0.05) is 37.0 Å². The fourth-order valence-corrected chi connectivity index (χ4v) is 3.10. The van der Waals surface area contributed by atoms with E-state index in [1.807, 2.05) is 36.5 Å². The van der Waals surface area contributed by atoms with Crippen molar-refractivity contribution in [3.05, 3.63) is 53.1 Å². The van der Waals surface area contributed by atoms with Gasteiger partial charge in [-0.1, -0.05) is 12.1 Å². The zero-order valence-corrected chi connectivity index (χ0v) is 13.5. The SMILES string of the molecule is COc1cccc(-c2cc3c(=O)n(CC4CCOC4)ccn3n2)c1. The van der Waals surface area contributed by atoms with Gasteiger partial charge in [-0.2, -0.15) is 5.10 Å². The first-order chi connectivity index (χ1) is 11.7. The van der Waals surface area contributed by atoms with E-state index in [9.17, 15) is 4.79 Å². The van der Waals surface area contributed by atoms with Crippen LogP contribution in [0.5, 0.6) is 5.75 Å². The van der Waals surface area contributed by atoms with E-state index in [1.54, 1.807) is 22.4 Å². The monoisotopic (exact) mass is 325 g/mol. The highest BCUT2D eigenvalue weighted by Crippen LogP contribution is 2.23.